The van der Waals surface area contributed by atoms with Crippen LogP contribution in [-0.4, -0.2) is 30.3 Å². The molecular weight excluding hydrogens is 276 g/mol. The molecule has 1 aromatic heterocycles. The van der Waals surface area contributed by atoms with Crippen molar-refractivity contribution in [2.24, 2.45) is 0 Å². The summed E-state index contributed by atoms with van der Waals surface area (Å²) in [6.45, 7) is 9.52. The Hall–Kier alpha value is -0.840. The topological polar surface area (TPSA) is 43.4 Å². The van der Waals surface area contributed by atoms with Crippen molar-refractivity contribution in [2.45, 2.75) is 52.3 Å². The number of nitrogens with zero attached hydrogens (tertiary/aromatic N) is 1. The molecule has 0 spiro atoms. The smallest absolute Gasteiger partial charge is 0.232 e. The van der Waals surface area contributed by atoms with Crippen LogP contribution in [0.4, 0.5) is 0 Å². The Morgan fingerprint density at radius 3 is 2.65 bits per heavy atom. The first-order valence-electron chi connectivity index (χ1n) is 6.90. The van der Waals surface area contributed by atoms with Crippen LogP contribution in [-0.2, 0) is 11.3 Å². The molecule has 0 aliphatic rings. The van der Waals surface area contributed by atoms with Gasteiger partial charge in [0.2, 0.25) is 5.88 Å². The molecule has 0 fully saturated rings. The average Bonchev–Trinajstić information content (AvgIpc) is 2.38. The molecule has 1 heterocycles. The minimum absolute atomic E-state index is 0.201. The summed E-state index contributed by atoms with van der Waals surface area (Å²) in [5.74, 6) is 0.479. The lowest BCUT2D eigenvalue weighted by Gasteiger charge is -2.22. The number of nitrogens with one attached hydrogen (secondary N) is 1. The van der Waals surface area contributed by atoms with Gasteiger partial charge in [-0.15, -0.1) is 0 Å². The van der Waals surface area contributed by atoms with Gasteiger partial charge in [-0.3, -0.25) is 0 Å². The molecule has 1 rings (SSSR count). The Morgan fingerprint density at radius 1 is 1.40 bits per heavy atom. The van der Waals surface area contributed by atoms with Crippen molar-refractivity contribution < 1.29 is 9.47 Å². The number of methoxy groups -OCH3 is 1. The summed E-state index contributed by atoms with van der Waals surface area (Å²) in [7, 11) is 1.70. The van der Waals surface area contributed by atoms with Crippen molar-refractivity contribution in [1.82, 2.24) is 10.3 Å². The molecule has 1 aromatic rings. The molecule has 0 amide bonds. The van der Waals surface area contributed by atoms with E-state index in [0.717, 1.165) is 18.5 Å². The maximum atomic E-state index is 6.18. The molecule has 5 heteroatoms. The summed E-state index contributed by atoms with van der Waals surface area (Å²) in [5.41, 5.74) is 0.849. The molecule has 1 N–H and O–H groups in total. The molecular formula is C15H25ClN2O2. The number of rotatable bonds is 8. The fourth-order valence-corrected chi connectivity index (χ4v) is 1.73. The van der Waals surface area contributed by atoms with Crippen LogP contribution in [0.2, 0.25) is 5.02 Å². The molecule has 0 unspecified atom stereocenters. The van der Waals surface area contributed by atoms with E-state index in [4.69, 9.17) is 21.1 Å². The molecule has 4 nitrogen and oxygen atoms in total. The number of ether oxygens (including phenoxy) is 2. The number of aromatic nitrogens is 1. The van der Waals surface area contributed by atoms with Crippen LogP contribution in [0.25, 0.3) is 0 Å². The minimum Gasteiger partial charge on any atom is -0.476 e. The highest BCUT2D eigenvalue weighted by molar-refractivity contribution is 6.31. The zero-order chi connectivity index (χ0) is 15.2. The highest BCUT2D eigenvalue weighted by Crippen LogP contribution is 2.23. The number of halogens is 1. The molecule has 20 heavy (non-hydrogen) atoms. The summed E-state index contributed by atoms with van der Waals surface area (Å²) in [6, 6.07) is 2.32. The molecule has 0 atom stereocenters. The van der Waals surface area contributed by atoms with Crippen molar-refractivity contribution in [1.29, 1.82) is 0 Å². The predicted octanol–water partition coefficient (Wildman–Crippen LogP) is 3.43. The largest absolute Gasteiger partial charge is 0.476 e. The third-order valence-corrected chi connectivity index (χ3v) is 3.34. The minimum atomic E-state index is -0.201. The molecule has 114 valence electrons. The molecule has 0 aromatic carbocycles. The number of hydrogen-bond donors (Lipinski definition) is 1. The summed E-state index contributed by atoms with van der Waals surface area (Å²) in [5, 5.41) is 3.87. The Bertz CT molecular complexity index is 422. The molecule has 0 aliphatic carbocycles. The van der Waals surface area contributed by atoms with E-state index in [-0.39, 0.29) is 5.60 Å². The van der Waals surface area contributed by atoms with Gasteiger partial charge in [0, 0.05) is 32.3 Å². The quantitative estimate of drug-likeness (QED) is 0.799. The van der Waals surface area contributed by atoms with Crippen molar-refractivity contribution in [3.8, 4) is 5.88 Å². The normalized spacial score (nSPS) is 11.9. The second-order valence-corrected chi connectivity index (χ2v) is 6.14. The van der Waals surface area contributed by atoms with E-state index in [1.165, 1.54) is 0 Å². The summed E-state index contributed by atoms with van der Waals surface area (Å²) >= 11 is 6.18. The van der Waals surface area contributed by atoms with Crippen LogP contribution >= 0.6 is 11.6 Å². The predicted molar refractivity (Wildman–Crippen MR) is 82.4 cm³/mol. The summed E-state index contributed by atoms with van der Waals surface area (Å²) < 4.78 is 10.9. The van der Waals surface area contributed by atoms with Gasteiger partial charge >= 0.3 is 0 Å². The van der Waals surface area contributed by atoms with Gasteiger partial charge in [0.25, 0.3) is 0 Å². The van der Waals surface area contributed by atoms with E-state index in [9.17, 15) is 0 Å². The first-order valence-corrected chi connectivity index (χ1v) is 7.27. The maximum Gasteiger partial charge on any atom is 0.232 e. The van der Waals surface area contributed by atoms with Crippen LogP contribution in [0, 0.1) is 0 Å². The number of pyridine rings is 1. The van der Waals surface area contributed by atoms with Gasteiger partial charge in [-0.25, -0.2) is 4.98 Å². The second-order valence-electron chi connectivity index (χ2n) is 5.73. The maximum absolute atomic E-state index is 6.18. The highest BCUT2D eigenvalue weighted by Gasteiger charge is 2.16. The molecule has 0 bridgehead atoms. The Balaban J connectivity index is 2.51. The van der Waals surface area contributed by atoms with Gasteiger partial charge in [0.15, 0.2) is 0 Å². The van der Waals surface area contributed by atoms with Gasteiger partial charge in [0.05, 0.1) is 12.2 Å². The SMILES string of the molecule is COC(C)(C)CCOc1ncc(CNC(C)C)cc1Cl. The van der Waals surface area contributed by atoms with E-state index < -0.39 is 0 Å². The molecule has 0 saturated carbocycles. The van der Waals surface area contributed by atoms with Gasteiger partial charge in [-0.05, 0) is 25.5 Å². The molecule has 0 radical (unpaired) electrons. The van der Waals surface area contributed by atoms with E-state index >= 15 is 0 Å². The van der Waals surface area contributed by atoms with Gasteiger partial charge < -0.3 is 14.8 Å². The molecule has 0 aliphatic heterocycles. The number of hydrogen-bond acceptors (Lipinski definition) is 4. The van der Waals surface area contributed by atoms with E-state index in [2.05, 4.69) is 24.1 Å². The zero-order valence-electron chi connectivity index (χ0n) is 13.0. The first-order chi connectivity index (χ1) is 9.34. The Labute approximate surface area is 126 Å². The standard InChI is InChI=1S/C15H25ClN2O2/c1-11(2)17-9-12-8-13(16)14(18-10-12)20-7-6-15(3,4)19-5/h8,10-11,17H,6-7,9H2,1-5H3. The van der Waals surface area contributed by atoms with E-state index in [1.807, 2.05) is 19.9 Å². The van der Waals surface area contributed by atoms with Crippen LogP contribution in [0.1, 0.15) is 39.7 Å². The van der Waals surface area contributed by atoms with Crippen molar-refractivity contribution in [3.05, 3.63) is 22.8 Å². The highest BCUT2D eigenvalue weighted by atomic mass is 35.5. The third kappa shape index (κ3) is 6.07. The average molecular weight is 301 g/mol. The lowest BCUT2D eigenvalue weighted by atomic mass is 10.1. The monoisotopic (exact) mass is 300 g/mol. The molecule has 0 saturated heterocycles. The third-order valence-electron chi connectivity index (χ3n) is 3.07. The second kappa shape index (κ2) is 7.81. The van der Waals surface area contributed by atoms with Gasteiger partial charge in [-0.2, -0.15) is 0 Å². The van der Waals surface area contributed by atoms with Crippen molar-refractivity contribution >= 4 is 11.6 Å². The lowest BCUT2D eigenvalue weighted by molar-refractivity contribution is 0.00509. The first kappa shape index (κ1) is 17.2. The fraction of sp³-hybridized carbons (Fsp3) is 0.667. The van der Waals surface area contributed by atoms with Crippen LogP contribution in [0.3, 0.4) is 0 Å². The zero-order valence-corrected chi connectivity index (χ0v) is 13.8. The van der Waals surface area contributed by atoms with Gasteiger partial charge in [-0.1, -0.05) is 25.4 Å². The van der Waals surface area contributed by atoms with Crippen LogP contribution < -0.4 is 10.1 Å². The van der Waals surface area contributed by atoms with Gasteiger partial charge in [0.1, 0.15) is 5.02 Å². The fourth-order valence-electron chi connectivity index (χ4n) is 1.49. The van der Waals surface area contributed by atoms with Crippen molar-refractivity contribution in [2.75, 3.05) is 13.7 Å². The Morgan fingerprint density at radius 2 is 2.10 bits per heavy atom. The summed E-state index contributed by atoms with van der Waals surface area (Å²) in [6.07, 6.45) is 2.57. The van der Waals surface area contributed by atoms with Crippen molar-refractivity contribution in [3.63, 3.8) is 0 Å². The van der Waals surface area contributed by atoms with E-state index in [1.54, 1.807) is 13.3 Å². The van der Waals surface area contributed by atoms with Crippen LogP contribution in [0.15, 0.2) is 12.3 Å². The lowest BCUT2D eigenvalue weighted by Crippen LogP contribution is -2.25. The summed E-state index contributed by atoms with van der Waals surface area (Å²) in [4.78, 5) is 4.27. The van der Waals surface area contributed by atoms with Crippen LogP contribution in [0.5, 0.6) is 5.88 Å². The van der Waals surface area contributed by atoms with E-state index in [0.29, 0.717) is 23.6 Å². The Kier molecular flexibility index (Phi) is 6.72.